The Morgan fingerprint density at radius 2 is 1.67 bits per heavy atom. The highest BCUT2D eigenvalue weighted by Crippen LogP contribution is 2.36. The van der Waals surface area contributed by atoms with E-state index in [1.807, 2.05) is 0 Å². The molecule has 0 spiro atoms. The average molecular weight is 277 g/mol. The predicted molar refractivity (Wildman–Crippen MR) is 88.1 cm³/mol. The number of benzene rings is 2. The third-order valence-corrected chi connectivity index (χ3v) is 4.01. The first-order valence-corrected chi connectivity index (χ1v) is 7.05. The van der Waals surface area contributed by atoms with Crippen LogP contribution in [0.15, 0.2) is 42.5 Å². The number of aromatic nitrogens is 2. The number of rotatable bonds is 2. The van der Waals surface area contributed by atoms with Crippen molar-refractivity contribution in [3.8, 4) is 22.4 Å². The number of H-pyrrole nitrogens is 1. The van der Waals surface area contributed by atoms with Gasteiger partial charge >= 0.3 is 0 Å². The van der Waals surface area contributed by atoms with Gasteiger partial charge in [0.1, 0.15) is 0 Å². The van der Waals surface area contributed by atoms with Gasteiger partial charge in [0.2, 0.25) is 0 Å². The van der Waals surface area contributed by atoms with Gasteiger partial charge < -0.3 is 5.73 Å². The lowest BCUT2D eigenvalue weighted by Gasteiger charge is -2.10. The predicted octanol–water partition coefficient (Wildman–Crippen LogP) is 4.25. The summed E-state index contributed by atoms with van der Waals surface area (Å²) in [6.45, 7) is 6.32. The third kappa shape index (κ3) is 2.31. The smallest absolute Gasteiger partial charge is 0.153 e. The molecule has 1 aromatic heterocycles. The molecular weight excluding hydrogens is 258 g/mol. The summed E-state index contributed by atoms with van der Waals surface area (Å²) in [5, 5.41) is 7.31. The minimum Gasteiger partial charge on any atom is -0.382 e. The maximum atomic E-state index is 6.09. The summed E-state index contributed by atoms with van der Waals surface area (Å²) >= 11 is 0. The van der Waals surface area contributed by atoms with Crippen LogP contribution in [0.4, 0.5) is 5.82 Å². The molecular formula is C18H19N3. The average Bonchev–Trinajstić information content (AvgIpc) is 2.85. The molecule has 106 valence electrons. The Bertz CT molecular complexity index is 783. The highest BCUT2D eigenvalue weighted by Gasteiger charge is 2.16. The molecule has 21 heavy (non-hydrogen) atoms. The van der Waals surface area contributed by atoms with Crippen molar-refractivity contribution < 1.29 is 0 Å². The first kappa shape index (κ1) is 13.4. The summed E-state index contributed by atoms with van der Waals surface area (Å²) in [6.07, 6.45) is 0. The van der Waals surface area contributed by atoms with Crippen molar-refractivity contribution in [3.05, 3.63) is 59.2 Å². The van der Waals surface area contributed by atoms with Gasteiger partial charge in [-0.1, -0.05) is 48.0 Å². The number of nitrogens with zero attached hydrogens (tertiary/aromatic N) is 1. The van der Waals surface area contributed by atoms with Crippen LogP contribution >= 0.6 is 0 Å². The van der Waals surface area contributed by atoms with Gasteiger partial charge in [-0.05, 0) is 37.5 Å². The number of nitrogens with one attached hydrogen (secondary N) is 1. The van der Waals surface area contributed by atoms with Crippen molar-refractivity contribution in [2.45, 2.75) is 20.8 Å². The quantitative estimate of drug-likeness (QED) is 0.735. The third-order valence-electron chi connectivity index (χ3n) is 4.01. The molecule has 3 rings (SSSR count). The molecule has 1 heterocycles. The van der Waals surface area contributed by atoms with E-state index in [1.54, 1.807) is 0 Å². The van der Waals surface area contributed by atoms with E-state index in [4.69, 9.17) is 5.73 Å². The van der Waals surface area contributed by atoms with Crippen LogP contribution < -0.4 is 5.73 Å². The van der Waals surface area contributed by atoms with Gasteiger partial charge in [0, 0.05) is 5.56 Å². The lowest BCUT2D eigenvalue weighted by molar-refractivity contribution is 1.10. The van der Waals surface area contributed by atoms with Gasteiger partial charge in [0.05, 0.1) is 11.3 Å². The van der Waals surface area contributed by atoms with Crippen LogP contribution in [0.3, 0.4) is 0 Å². The van der Waals surface area contributed by atoms with E-state index in [0.717, 1.165) is 22.4 Å². The number of nitrogens with two attached hydrogens (primary N) is 1. The van der Waals surface area contributed by atoms with E-state index in [9.17, 15) is 0 Å². The summed E-state index contributed by atoms with van der Waals surface area (Å²) in [7, 11) is 0. The summed E-state index contributed by atoms with van der Waals surface area (Å²) in [5.74, 6) is 0.537. The number of hydrogen-bond donors (Lipinski definition) is 2. The highest BCUT2D eigenvalue weighted by atomic mass is 15.2. The number of nitrogen functional groups attached to an aromatic ring is 1. The van der Waals surface area contributed by atoms with E-state index in [1.165, 1.54) is 16.7 Å². The molecule has 0 unspecified atom stereocenters. The lowest BCUT2D eigenvalue weighted by Crippen LogP contribution is -1.91. The molecule has 3 heteroatoms. The maximum Gasteiger partial charge on any atom is 0.153 e. The van der Waals surface area contributed by atoms with E-state index in [0.29, 0.717) is 5.82 Å². The Kier molecular flexibility index (Phi) is 3.26. The Balaban J connectivity index is 2.22. The van der Waals surface area contributed by atoms with Gasteiger partial charge in [-0.15, -0.1) is 0 Å². The van der Waals surface area contributed by atoms with Crippen molar-refractivity contribution in [1.82, 2.24) is 10.2 Å². The van der Waals surface area contributed by atoms with Crippen LogP contribution in [0.25, 0.3) is 22.4 Å². The number of hydrogen-bond acceptors (Lipinski definition) is 2. The van der Waals surface area contributed by atoms with Crippen LogP contribution in [0.5, 0.6) is 0 Å². The minimum atomic E-state index is 0.537. The lowest BCUT2D eigenvalue weighted by atomic mass is 9.95. The van der Waals surface area contributed by atoms with Gasteiger partial charge in [0.15, 0.2) is 5.82 Å². The summed E-state index contributed by atoms with van der Waals surface area (Å²) in [5.41, 5.74) is 14.0. The van der Waals surface area contributed by atoms with Crippen LogP contribution in [0.2, 0.25) is 0 Å². The molecule has 0 atom stereocenters. The molecule has 0 saturated carbocycles. The Labute approximate surface area is 124 Å². The van der Waals surface area contributed by atoms with Gasteiger partial charge in [-0.2, -0.15) is 5.10 Å². The minimum absolute atomic E-state index is 0.537. The molecule has 0 aliphatic heterocycles. The van der Waals surface area contributed by atoms with Crippen molar-refractivity contribution in [2.24, 2.45) is 0 Å². The Morgan fingerprint density at radius 1 is 0.952 bits per heavy atom. The number of aromatic amines is 1. The van der Waals surface area contributed by atoms with Gasteiger partial charge in [-0.3, -0.25) is 5.10 Å². The molecule has 0 radical (unpaired) electrons. The monoisotopic (exact) mass is 277 g/mol. The zero-order valence-corrected chi connectivity index (χ0v) is 12.6. The van der Waals surface area contributed by atoms with Crippen molar-refractivity contribution in [1.29, 1.82) is 0 Å². The topological polar surface area (TPSA) is 54.7 Å². The second-order valence-electron chi connectivity index (χ2n) is 5.47. The largest absolute Gasteiger partial charge is 0.382 e. The zero-order valence-electron chi connectivity index (χ0n) is 12.6. The fourth-order valence-electron chi connectivity index (χ4n) is 2.59. The molecule has 0 amide bonds. The van der Waals surface area contributed by atoms with Crippen molar-refractivity contribution >= 4 is 5.82 Å². The first-order chi connectivity index (χ1) is 10.1. The van der Waals surface area contributed by atoms with E-state index in [-0.39, 0.29) is 0 Å². The van der Waals surface area contributed by atoms with E-state index >= 15 is 0 Å². The summed E-state index contributed by atoms with van der Waals surface area (Å²) < 4.78 is 0. The van der Waals surface area contributed by atoms with Gasteiger partial charge in [0.25, 0.3) is 0 Å². The second kappa shape index (κ2) is 5.09. The van der Waals surface area contributed by atoms with Crippen LogP contribution in [-0.4, -0.2) is 10.2 Å². The van der Waals surface area contributed by atoms with E-state index in [2.05, 4.69) is 73.4 Å². The molecule has 3 N–H and O–H groups in total. The molecule has 3 aromatic rings. The summed E-state index contributed by atoms with van der Waals surface area (Å²) in [6, 6.07) is 14.6. The van der Waals surface area contributed by atoms with Crippen LogP contribution in [-0.2, 0) is 0 Å². The Hall–Kier alpha value is -2.55. The second-order valence-corrected chi connectivity index (χ2v) is 5.47. The number of anilines is 1. The van der Waals surface area contributed by atoms with Crippen molar-refractivity contribution in [2.75, 3.05) is 5.73 Å². The normalized spacial score (nSPS) is 10.8. The fourth-order valence-corrected chi connectivity index (χ4v) is 2.59. The molecule has 0 bridgehead atoms. The summed E-state index contributed by atoms with van der Waals surface area (Å²) in [4.78, 5) is 0. The standard InChI is InChI=1S/C18H19N3/c1-11-7-9-14(10-8-11)16-17(20-21-18(16)19)15-6-4-5-12(2)13(15)3/h4-10H,1-3H3,(H3,19,20,21). The van der Waals surface area contributed by atoms with Crippen LogP contribution in [0.1, 0.15) is 16.7 Å². The number of aryl methyl sites for hydroxylation is 2. The molecule has 0 aliphatic carbocycles. The Morgan fingerprint density at radius 3 is 2.38 bits per heavy atom. The van der Waals surface area contributed by atoms with Gasteiger partial charge in [-0.25, -0.2) is 0 Å². The maximum absolute atomic E-state index is 6.09. The zero-order chi connectivity index (χ0) is 15.0. The fraction of sp³-hybridized carbons (Fsp3) is 0.167. The molecule has 0 saturated heterocycles. The first-order valence-electron chi connectivity index (χ1n) is 7.05. The van der Waals surface area contributed by atoms with Crippen LogP contribution in [0, 0.1) is 20.8 Å². The highest BCUT2D eigenvalue weighted by molar-refractivity contribution is 5.88. The molecule has 2 aromatic carbocycles. The molecule has 3 nitrogen and oxygen atoms in total. The SMILES string of the molecule is Cc1ccc(-c2c(N)n[nH]c2-c2cccc(C)c2C)cc1. The van der Waals surface area contributed by atoms with E-state index < -0.39 is 0 Å². The van der Waals surface area contributed by atoms with Crippen molar-refractivity contribution in [3.63, 3.8) is 0 Å². The molecule has 0 aliphatic rings. The molecule has 0 fully saturated rings.